The van der Waals surface area contributed by atoms with Crippen LogP contribution in [0.5, 0.6) is 0 Å². The van der Waals surface area contributed by atoms with Crippen LogP contribution in [0.2, 0.25) is 0 Å². The monoisotopic (exact) mass is 355 g/mol. The van der Waals surface area contributed by atoms with E-state index in [1.165, 1.54) is 13.1 Å². The van der Waals surface area contributed by atoms with Gasteiger partial charge in [0.1, 0.15) is 10.7 Å². The zero-order valence-electron chi connectivity index (χ0n) is 13.1. The van der Waals surface area contributed by atoms with Crippen molar-refractivity contribution in [3.63, 3.8) is 0 Å². The Morgan fingerprint density at radius 3 is 2.88 bits per heavy atom. The number of fused-ring (bicyclic) bond motifs is 1. The maximum atomic E-state index is 13.8. The minimum absolute atomic E-state index is 0.0601. The average molecular weight is 355 g/mol. The number of piperidine rings is 1. The molecular weight excluding hydrogens is 337 g/mol. The third kappa shape index (κ3) is 2.78. The third-order valence-corrected chi connectivity index (χ3v) is 6.03. The maximum Gasteiger partial charge on any atom is 0.254 e. The predicted octanol–water partition coefficient (Wildman–Crippen LogP) is 0.0844. The molecule has 1 aromatic rings. The van der Waals surface area contributed by atoms with Crippen molar-refractivity contribution in [1.29, 1.82) is 0 Å². The fourth-order valence-corrected chi connectivity index (χ4v) is 4.15. The highest BCUT2D eigenvalue weighted by Crippen LogP contribution is 2.29. The SMILES string of the molecule is CNS(=O)(=O)c1cc(C(=O)N2CCC[C@H]3C(=O)NC[C@H]32)ccc1F. The fourth-order valence-electron chi connectivity index (χ4n) is 3.32. The summed E-state index contributed by atoms with van der Waals surface area (Å²) in [5.41, 5.74) is 0.0882. The van der Waals surface area contributed by atoms with Gasteiger partial charge in [-0.15, -0.1) is 0 Å². The molecule has 2 heterocycles. The molecule has 0 saturated carbocycles. The van der Waals surface area contributed by atoms with Gasteiger partial charge in [0.25, 0.3) is 5.91 Å². The minimum atomic E-state index is -4.00. The highest BCUT2D eigenvalue weighted by atomic mass is 32.2. The van der Waals surface area contributed by atoms with E-state index in [-0.39, 0.29) is 23.4 Å². The van der Waals surface area contributed by atoms with E-state index >= 15 is 0 Å². The predicted molar refractivity (Wildman–Crippen MR) is 83.2 cm³/mol. The highest BCUT2D eigenvalue weighted by Gasteiger charge is 2.42. The van der Waals surface area contributed by atoms with E-state index in [0.717, 1.165) is 18.6 Å². The van der Waals surface area contributed by atoms with E-state index in [2.05, 4.69) is 5.32 Å². The van der Waals surface area contributed by atoms with Crippen molar-refractivity contribution in [2.75, 3.05) is 20.1 Å². The van der Waals surface area contributed by atoms with Gasteiger partial charge in [-0.1, -0.05) is 0 Å². The van der Waals surface area contributed by atoms with E-state index < -0.39 is 26.6 Å². The van der Waals surface area contributed by atoms with Crippen molar-refractivity contribution in [3.05, 3.63) is 29.6 Å². The lowest BCUT2D eigenvalue weighted by Gasteiger charge is -2.36. The first-order chi connectivity index (χ1) is 11.3. The smallest absolute Gasteiger partial charge is 0.254 e. The van der Waals surface area contributed by atoms with Gasteiger partial charge in [-0.25, -0.2) is 17.5 Å². The molecule has 24 heavy (non-hydrogen) atoms. The summed E-state index contributed by atoms with van der Waals surface area (Å²) in [6, 6.07) is 3.03. The van der Waals surface area contributed by atoms with Crippen molar-refractivity contribution in [2.24, 2.45) is 5.92 Å². The number of hydrogen-bond acceptors (Lipinski definition) is 4. The molecule has 0 bridgehead atoms. The van der Waals surface area contributed by atoms with Crippen molar-refractivity contribution in [2.45, 2.75) is 23.8 Å². The van der Waals surface area contributed by atoms with Gasteiger partial charge in [0.05, 0.1) is 12.0 Å². The number of rotatable bonds is 3. The van der Waals surface area contributed by atoms with Gasteiger partial charge in [0.2, 0.25) is 15.9 Å². The first-order valence-electron chi connectivity index (χ1n) is 7.67. The molecule has 2 amide bonds. The summed E-state index contributed by atoms with van der Waals surface area (Å²) in [5, 5.41) is 2.75. The average Bonchev–Trinajstić information content (AvgIpc) is 2.96. The molecule has 2 N–H and O–H groups in total. The van der Waals surface area contributed by atoms with E-state index in [1.807, 2.05) is 4.72 Å². The van der Waals surface area contributed by atoms with E-state index in [9.17, 15) is 22.4 Å². The van der Waals surface area contributed by atoms with Gasteiger partial charge in [-0.05, 0) is 38.1 Å². The molecule has 130 valence electrons. The van der Waals surface area contributed by atoms with Crippen molar-refractivity contribution >= 4 is 21.8 Å². The van der Waals surface area contributed by atoms with Crippen LogP contribution in [0.1, 0.15) is 23.2 Å². The van der Waals surface area contributed by atoms with Crippen LogP contribution in [-0.2, 0) is 14.8 Å². The fraction of sp³-hybridized carbons (Fsp3) is 0.467. The van der Waals surface area contributed by atoms with Gasteiger partial charge < -0.3 is 10.2 Å². The van der Waals surface area contributed by atoms with Crippen molar-refractivity contribution < 1.29 is 22.4 Å². The summed E-state index contributed by atoms with van der Waals surface area (Å²) in [7, 11) is -2.83. The number of halogens is 1. The first kappa shape index (κ1) is 16.8. The van der Waals surface area contributed by atoms with Crippen molar-refractivity contribution in [3.8, 4) is 0 Å². The highest BCUT2D eigenvalue weighted by molar-refractivity contribution is 7.89. The van der Waals surface area contributed by atoms with E-state index in [4.69, 9.17) is 0 Å². The Bertz CT molecular complexity index is 796. The first-order valence-corrected chi connectivity index (χ1v) is 9.15. The summed E-state index contributed by atoms with van der Waals surface area (Å²) >= 11 is 0. The van der Waals surface area contributed by atoms with Crippen LogP contribution in [0, 0.1) is 11.7 Å². The zero-order valence-corrected chi connectivity index (χ0v) is 13.9. The Balaban J connectivity index is 1.93. The summed E-state index contributed by atoms with van der Waals surface area (Å²) in [6.45, 7) is 0.874. The molecule has 1 aromatic carbocycles. The summed E-state index contributed by atoms with van der Waals surface area (Å²) in [6.07, 6.45) is 1.42. The number of nitrogens with one attached hydrogen (secondary N) is 2. The second-order valence-corrected chi connectivity index (χ2v) is 7.77. The summed E-state index contributed by atoms with van der Waals surface area (Å²) in [5.74, 6) is -1.61. The van der Waals surface area contributed by atoms with Gasteiger partial charge >= 0.3 is 0 Å². The lowest BCUT2D eigenvalue weighted by molar-refractivity contribution is -0.123. The molecule has 0 unspecified atom stereocenters. The number of carbonyl (C=O) groups excluding carboxylic acids is 2. The molecule has 2 aliphatic rings. The number of sulfonamides is 1. The molecular formula is C15H18FN3O4S. The van der Waals surface area contributed by atoms with Crippen LogP contribution >= 0.6 is 0 Å². The lowest BCUT2D eigenvalue weighted by atomic mass is 9.91. The standard InChI is InChI=1S/C15H18FN3O4S/c1-17-24(22,23)13-7-9(4-5-11(13)16)15(21)19-6-2-3-10-12(19)8-18-14(10)20/h4-5,7,10,12,17H,2-3,6,8H2,1H3,(H,18,20)/t10-,12-/m1/s1. The Hall–Kier alpha value is -2.00. The quantitative estimate of drug-likeness (QED) is 0.803. The Labute approximate surface area is 139 Å². The van der Waals surface area contributed by atoms with Crippen LogP contribution in [-0.4, -0.2) is 51.3 Å². The number of nitrogens with zero attached hydrogens (tertiary/aromatic N) is 1. The van der Waals surface area contributed by atoms with Crippen LogP contribution in [0.3, 0.4) is 0 Å². The molecule has 9 heteroatoms. The summed E-state index contributed by atoms with van der Waals surface area (Å²) in [4.78, 5) is 25.6. The number of likely N-dealkylation sites (tertiary alicyclic amines) is 1. The Morgan fingerprint density at radius 2 is 2.17 bits per heavy atom. The van der Waals surface area contributed by atoms with Gasteiger partial charge in [0, 0.05) is 18.7 Å². The number of amides is 2. The third-order valence-electron chi connectivity index (χ3n) is 4.60. The van der Waals surface area contributed by atoms with E-state index in [0.29, 0.717) is 19.5 Å². The van der Waals surface area contributed by atoms with Gasteiger partial charge in [-0.3, -0.25) is 9.59 Å². The normalized spacial score (nSPS) is 23.8. The van der Waals surface area contributed by atoms with Crippen LogP contribution in [0.15, 0.2) is 23.1 Å². The summed E-state index contributed by atoms with van der Waals surface area (Å²) < 4.78 is 39.6. The molecule has 2 aliphatic heterocycles. The van der Waals surface area contributed by atoms with Gasteiger partial charge in [-0.2, -0.15) is 0 Å². The van der Waals surface area contributed by atoms with Gasteiger partial charge in [0.15, 0.2) is 0 Å². The number of benzene rings is 1. The zero-order chi connectivity index (χ0) is 17.5. The topological polar surface area (TPSA) is 95.6 Å². The van der Waals surface area contributed by atoms with Crippen molar-refractivity contribution in [1.82, 2.24) is 14.9 Å². The van der Waals surface area contributed by atoms with E-state index in [1.54, 1.807) is 4.90 Å². The second kappa shape index (κ2) is 6.14. The van der Waals surface area contributed by atoms with Crippen LogP contribution in [0.25, 0.3) is 0 Å². The largest absolute Gasteiger partial charge is 0.354 e. The molecule has 2 fully saturated rings. The maximum absolute atomic E-state index is 13.8. The molecule has 0 aliphatic carbocycles. The molecule has 2 saturated heterocycles. The molecule has 0 spiro atoms. The number of carbonyl (C=O) groups is 2. The van der Waals surface area contributed by atoms with Crippen LogP contribution in [0.4, 0.5) is 4.39 Å². The molecule has 3 rings (SSSR count). The Kier molecular flexibility index (Phi) is 4.31. The second-order valence-electron chi connectivity index (χ2n) is 5.91. The molecule has 0 aromatic heterocycles. The number of hydrogen-bond donors (Lipinski definition) is 2. The minimum Gasteiger partial charge on any atom is -0.354 e. The lowest BCUT2D eigenvalue weighted by Crippen LogP contribution is -2.48. The molecule has 7 nitrogen and oxygen atoms in total. The Morgan fingerprint density at radius 1 is 1.42 bits per heavy atom. The molecule has 0 radical (unpaired) electrons. The molecule has 2 atom stereocenters. The van der Waals surface area contributed by atoms with Crippen LogP contribution < -0.4 is 10.0 Å².